The molecule has 1 atom stereocenters. The summed E-state index contributed by atoms with van der Waals surface area (Å²) in [4.78, 5) is 12.4. The number of anilines is 1. The van der Waals surface area contributed by atoms with Gasteiger partial charge in [-0.1, -0.05) is 29.8 Å². The lowest BCUT2D eigenvalue weighted by atomic mass is 9.97. The van der Waals surface area contributed by atoms with Gasteiger partial charge in [0, 0.05) is 30.0 Å². The van der Waals surface area contributed by atoms with Crippen molar-refractivity contribution in [2.24, 2.45) is 0 Å². The molecule has 0 fully saturated rings. The number of fused-ring (bicyclic) bond motifs is 1. The third-order valence-corrected chi connectivity index (χ3v) is 4.27. The minimum Gasteiger partial charge on any atom is -0.495 e. The van der Waals surface area contributed by atoms with E-state index in [0.29, 0.717) is 35.2 Å². The van der Waals surface area contributed by atoms with Crippen LogP contribution in [0.4, 0.5) is 5.69 Å². The van der Waals surface area contributed by atoms with Crippen LogP contribution < -0.4 is 19.5 Å². The number of carbonyl (C=O) groups excluding carboxylic acids is 1. The van der Waals surface area contributed by atoms with Crippen molar-refractivity contribution >= 4 is 23.2 Å². The highest BCUT2D eigenvalue weighted by molar-refractivity contribution is 6.32. The topological polar surface area (TPSA) is 56.8 Å². The van der Waals surface area contributed by atoms with Crippen LogP contribution in [0.3, 0.4) is 0 Å². The van der Waals surface area contributed by atoms with Crippen LogP contribution in [0.15, 0.2) is 36.4 Å². The van der Waals surface area contributed by atoms with Gasteiger partial charge in [-0.25, -0.2) is 0 Å². The van der Waals surface area contributed by atoms with Gasteiger partial charge >= 0.3 is 0 Å². The molecule has 1 N–H and O–H groups in total. The Kier molecular flexibility index (Phi) is 4.81. The Hall–Kier alpha value is -2.40. The monoisotopic (exact) mass is 347 g/mol. The van der Waals surface area contributed by atoms with Crippen LogP contribution in [0.2, 0.25) is 5.02 Å². The standard InChI is InChI=1S/C18H18ClNO4/c1-22-16-9-14(17(23-2)8-13(16)19)20-18(21)7-11-10-24-15-6-4-3-5-12(11)15/h3-6,8-9,11H,7,10H2,1-2H3,(H,20,21). The third-order valence-electron chi connectivity index (χ3n) is 3.98. The highest BCUT2D eigenvalue weighted by atomic mass is 35.5. The molecule has 0 saturated carbocycles. The number of benzene rings is 2. The van der Waals surface area contributed by atoms with Gasteiger partial charge in [-0.15, -0.1) is 0 Å². The zero-order chi connectivity index (χ0) is 17.1. The fraction of sp³-hybridized carbons (Fsp3) is 0.278. The molecule has 126 valence electrons. The molecular formula is C18H18ClNO4. The molecule has 24 heavy (non-hydrogen) atoms. The molecule has 0 saturated heterocycles. The summed E-state index contributed by atoms with van der Waals surface area (Å²) in [5.74, 6) is 1.73. The molecule has 0 spiro atoms. The molecule has 0 radical (unpaired) electrons. The number of halogens is 1. The quantitative estimate of drug-likeness (QED) is 0.892. The van der Waals surface area contributed by atoms with E-state index < -0.39 is 0 Å². The van der Waals surface area contributed by atoms with E-state index in [1.165, 1.54) is 14.2 Å². The van der Waals surface area contributed by atoms with Gasteiger partial charge in [-0.2, -0.15) is 0 Å². The maximum Gasteiger partial charge on any atom is 0.225 e. The highest BCUT2D eigenvalue weighted by Crippen LogP contribution is 2.38. The van der Waals surface area contributed by atoms with E-state index in [1.54, 1.807) is 12.1 Å². The van der Waals surface area contributed by atoms with Gasteiger partial charge in [-0.05, 0) is 6.07 Å². The number of carbonyl (C=O) groups is 1. The van der Waals surface area contributed by atoms with E-state index in [4.69, 9.17) is 25.8 Å². The van der Waals surface area contributed by atoms with Gasteiger partial charge in [-0.3, -0.25) is 4.79 Å². The second kappa shape index (κ2) is 7.01. The number of nitrogens with one attached hydrogen (secondary N) is 1. The molecule has 0 aromatic heterocycles. The van der Waals surface area contributed by atoms with Crippen LogP contribution in [-0.2, 0) is 4.79 Å². The molecule has 1 heterocycles. The molecule has 0 bridgehead atoms. The maximum atomic E-state index is 12.4. The molecular weight excluding hydrogens is 330 g/mol. The van der Waals surface area contributed by atoms with Crippen LogP contribution in [0, 0.1) is 0 Å². The van der Waals surface area contributed by atoms with Crippen LogP contribution in [0.25, 0.3) is 0 Å². The number of ether oxygens (including phenoxy) is 3. The highest BCUT2D eigenvalue weighted by Gasteiger charge is 2.26. The Bertz CT molecular complexity index is 763. The molecule has 1 aliphatic rings. The van der Waals surface area contributed by atoms with Gasteiger partial charge in [0.25, 0.3) is 0 Å². The molecule has 6 heteroatoms. The third kappa shape index (κ3) is 3.26. The largest absolute Gasteiger partial charge is 0.495 e. The van der Waals surface area contributed by atoms with Gasteiger partial charge in [0.05, 0.1) is 31.5 Å². The van der Waals surface area contributed by atoms with Crippen molar-refractivity contribution in [1.29, 1.82) is 0 Å². The lowest BCUT2D eigenvalue weighted by Gasteiger charge is -2.14. The number of hydrogen-bond acceptors (Lipinski definition) is 4. The number of hydrogen-bond donors (Lipinski definition) is 1. The predicted molar refractivity (Wildman–Crippen MR) is 92.5 cm³/mol. The average Bonchev–Trinajstić information content (AvgIpc) is 2.99. The predicted octanol–water partition coefficient (Wildman–Crippen LogP) is 3.86. The summed E-state index contributed by atoms with van der Waals surface area (Å²) in [5, 5.41) is 3.28. The van der Waals surface area contributed by atoms with E-state index in [0.717, 1.165) is 11.3 Å². The molecule has 2 aromatic rings. The van der Waals surface area contributed by atoms with E-state index in [9.17, 15) is 4.79 Å². The van der Waals surface area contributed by atoms with E-state index >= 15 is 0 Å². The van der Waals surface area contributed by atoms with Crippen molar-refractivity contribution in [3.05, 3.63) is 47.0 Å². The van der Waals surface area contributed by atoms with Crippen LogP contribution >= 0.6 is 11.6 Å². The average molecular weight is 348 g/mol. The van der Waals surface area contributed by atoms with Crippen molar-refractivity contribution in [3.8, 4) is 17.2 Å². The summed E-state index contributed by atoms with van der Waals surface area (Å²) in [7, 11) is 3.04. The normalized spacial score (nSPS) is 15.4. The fourth-order valence-electron chi connectivity index (χ4n) is 2.78. The second-order valence-corrected chi connectivity index (χ2v) is 5.89. The Morgan fingerprint density at radius 2 is 2.00 bits per heavy atom. The van der Waals surface area contributed by atoms with Crippen molar-refractivity contribution in [2.75, 3.05) is 26.1 Å². The lowest BCUT2D eigenvalue weighted by Crippen LogP contribution is -2.17. The summed E-state index contributed by atoms with van der Waals surface area (Å²) in [6, 6.07) is 11.0. The molecule has 5 nitrogen and oxygen atoms in total. The van der Waals surface area contributed by atoms with E-state index in [-0.39, 0.29) is 11.8 Å². The first kappa shape index (κ1) is 16.5. The smallest absolute Gasteiger partial charge is 0.225 e. The second-order valence-electron chi connectivity index (χ2n) is 5.49. The van der Waals surface area contributed by atoms with Crippen LogP contribution in [0.5, 0.6) is 17.2 Å². The Labute approximate surface area is 145 Å². The molecule has 1 amide bonds. The summed E-state index contributed by atoms with van der Waals surface area (Å²) >= 11 is 6.08. The van der Waals surface area contributed by atoms with Crippen molar-refractivity contribution in [2.45, 2.75) is 12.3 Å². The lowest BCUT2D eigenvalue weighted by molar-refractivity contribution is -0.116. The molecule has 2 aromatic carbocycles. The number of para-hydroxylation sites is 1. The van der Waals surface area contributed by atoms with E-state index in [1.807, 2.05) is 24.3 Å². The first-order valence-corrected chi connectivity index (χ1v) is 7.93. The molecule has 3 rings (SSSR count). The van der Waals surface area contributed by atoms with Gasteiger partial charge < -0.3 is 19.5 Å². The number of methoxy groups -OCH3 is 2. The zero-order valence-electron chi connectivity index (χ0n) is 13.5. The minimum absolute atomic E-state index is 0.0430. The molecule has 0 aliphatic carbocycles. The van der Waals surface area contributed by atoms with Gasteiger partial charge in [0.1, 0.15) is 17.2 Å². The van der Waals surface area contributed by atoms with Gasteiger partial charge in [0.2, 0.25) is 5.91 Å². The fourth-order valence-corrected chi connectivity index (χ4v) is 3.01. The zero-order valence-corrected chi connectivity index (χ0v) is 14.2. The number of rotatable bonds is 5. The molecule has 1 aliphatic heterocycles. The van der Waals surface area contributed by atoms with Crippen LogP contribution in [0.1, 0.15) is 17.9 Å². The van der Waals surface area contributed by atoms with Crippen molar-refractivity contribution in [1.82, 2.24) is 0 Å². The maximum absolute atomic E-state index is 12.4. The van der Waals surface area contributed by atoms with E-state index in [2.05, 4.69) is 5.32 Å². The SMILES string of the molecule is COc1cc(NC(=O)CC2COc3ccccc32)c(OC)cc1Cl. The summed E-state index contributed by atoms with van der Waals surface area (Å²) in [5.41, 5.74) is 1.59. The number of amides is 1. The first-order chi connectivity index (χ1) is 11.6. The van der Waals surface area contributed by atoms with Crippen LogP contribution in [-0.4, -0.2) is 26.7 Å². The van der Waals surface area contributed by atoms with Crippen molar-refractivity contribution in [3.63, 3.8) is 0 Å². The Morgan fingerprint density at radius 3 is 2.75 bits per heavy atom. The summed E-state index contributed by atoms with van der Waals surface area (Å²) in [6.45, 7) is 0.508. The Balaban J connectivity index is 1.74. The summed E-state index contributed by atoms with van der Waals surface area (Å²) in [6.07, 6.45) is 0.325. The van der Waals surface area contributed by atoms with Crippen molar-refractivity contribution < 1.29 is 19.0 Å². The Morgan fingerprint density at radius 1 is 1.25 bits per heavy atom. The van der Waals surface area contributed by atoms with Gasteiger partial charge in [0.15, 0.2) is 0 Å². The molecule has 1 unspecified atom stereocenters. The minimum atomic E-state index is -0.122. The summed E-state index contributed by atoms with van der Waals surface area (Å²) < 4.78 is 16.1. The first-order valence-electron chi connectivity index (χ1n) is 7.55.